The van der Waals surface area contributed by atoms with E-state index in [0.29, 0.717) is 18.4 Å². The topological polar surface area (TPSA) is 78.4 Å². The van der Waals surface area contributed by atoms with E-state index in [9.17, 15) is 4.79 Å². The Labute approximate surface area is 147 Å². The SMILES string of the molecule is CC1CCCCN1Cc1ccccc1CNc1cnc(C(=O)O)cn1. The molecule has 2 heterocycles. The second-order valence-electron chi connectivity index (χ2n) is 6.53. The van der Waals surface area contributed by atoms with Crippen LogP contribution >= 0.6 is 0 Å². The van der Waals surface area contributed by atoms with Crippen molar-refractivity contribution in [3.63, 3.8) is 0 Å². The maximum Gasteiger partial charge on any atom is 0.356 e. The second kappa shape index (κ2) is 8.07. The first kappa shape index (κ1) is 17.4. The van der Waals surface area contributed by atoms with Crippen molar-refractivity contribution in [2.45, 2.75) is 45.3 Å². The molecule has 3 rings (SSSR count). The standard InChI is InChI=1S/C19H24N4O2/c1-14-6-4-5-9-23(14)13-16-8-3-2-7-15(16)10-21-18-12-20-17(11-22-18)19(24)25/h2-3,7-8,11-12,14H,4-6,9-10,13H2,1H3,(H,21,22)(H,24,25). The van der Waals surface area contributed by atoms with Gasteiger partial charge in [0.05, 0.1) is 12.4 Å². The molecule has 2 N–H and O–H groups in total. The maximum absolute atomic E-state index is 10.8. The van der Waals surface area contributed by atoms with Crippen molar-refractivity contribution in [2.24, 2.45) is 0 Å². The smallest absolute Gasteiger partial charge is 0.356 e. The first-order valence-corrected chi connectivity index (χ1v) is 8.73. The van der Waals surface area contributed by atoms with E-state index >= 15 is 0 Å². The van der Waals surface area contributed by atoms with Gasteiger partial charge in [0.2, 0.25) is 0 Å². The summed E-state index contributed by atoms with van der Waals surface area (Å²) in [5.41, 5.74) is 2.49. The largest absolute Gasteiger partial charge is 0.476 e. The molecule has 2 aromatic rings. The zero-order valence-electron chi connectivity index (χ0n) is 14.5. The number of hydrogen-bond donors (Lipinski definition) is 2. The highest BCUT2D eigenvalue weighted by Gasteiger charge is 2.19. The van der Waals surface area contributed by atoms with Crippen LogP contribution in [0.5, 0.6) is 0 Å². The minimum Gasteiger partial charge on any atom is -0.476 e. The molecular weight excluding hydrogens is 316 g/mol. The highest BCUT2D eigenvalue weighted by atomic mass is 16.4. The molecule has 1 saturated heterocycles. The average Bonchev–Trinajstić information content (AvgIpc) is 2.63. The summed E-state index contributed by atoms with van der Waals surface area (Å²) in [4.78, 5) is 21.4. The summed E-state index contributed by atoms with van der Waals surface area (Å²) in [6.45, 7) is 5.06. The van der Waals surface area contributed by atoms with Gasteiger partial charge in [0.15, 0.2) is 5.69 Å². The lowest BCUT2D eigenvalue weighted by molar-refractivity contribution is 0.0690. The summed E-state index contributed by atoms with van der Waals surface area (Å²) in [5, 5.41) is 12.1. The number of benzene rings is 1. The molecule has 1 aromatic heterocycles. The molecule has 0 spiro atoms. The molecule has 1 aromatic carbocycles. The van der Waals surface area contributed by atoms with E-state index in [1.807, 2.05) is 6.07 Å². The van der Waals surface area contributed by atoms with Crippen LogP contribution in [-0.2, 0) is 13.1 Å². The normalized spacial score (nSPS) is 18.0. The van der Waals surface area contributed by atoms with Crippen molar-refractivity contribution < 1.29 is 9.90 Å². The first-order chi connectivity index (χ1) is 12.1. The van der Waals surface area contributed by atoms with Crippen LogP contribution in [0.25, 0.3) is 0 Å². The van der Waals surface area contributed by atoms with Gasteiger partial charge in [0, 0.05) is 19.1 Å². The number of carbonyl (C=O) groups is 1. The number of hydrogen-bond acceptors (Lipinski definition) is 5. The number of aromatic nitrogens is 2. The number of likely N-dealkylation sites (tertiary alicyclic amines) is 1. The second-order valence-corrected chi connectivity index (χ2v) is 6.53. The van der Waals surface area contributed by atoms with Gasteiger partial charge >= 0.3 is 5.97 Å². The fraction of sp³-hybridized carbons (Fsp3) is 0.421. The van der Waals surface area contributed by atoms with Gasteiger partial charge in [0.25, 0.3) is 0 Å². The van der Waals surface area contributed by atoms with Crippen LogP contribution in [0.2, 0.25) is 0 Å². The van der Waals surface area contributed by atoms with Gasteiger partial charge in [-0.15, -0.1) is 0 Å². The van der Waals surface area contributed by atoms with Crippen LogP contribution in [0.4, 0.5) is 5.82 Å². The Morgan fingerprint density at radius 1 is 1.24 bits per heavy atom. The molecule has 0 amide bonds. The number of nitrogens with zero attached hydrogens (tertiary/aromatic N) is 3. The predicted molar refractivity (Wildman–Crippen MR) is 96.5 cm³/mol. The van der Waals surface area contributed by atoms with Crippen molar-refractivity contribution in [2.75, 3.05) is 11.9 Å². The number of aromatic carboxylic acids is 1. The minimum absolute atomic E-state index is 0.0509. The van der Waals surface area contributed by atoms with Crippen LogP contribution in [0.1, 0.15) is 47.8 Å². The summed E-state index contributed by atoms with van der Waals surface area (Å²) < 4.78 is 0. The van der Waals surface area contributed by atoms with Gasteiger partial charge < -0.3 is 10.4 Å². The summed E-state index contributed by atoms with van der Waals surface area (Å²) >= 11 is 0. The molecule has 1 fully saturated rings. The van der Waals surface area contributed by atoms with Gasteiger partial charge in [-0.1, -0.05) is 30.7 Å². The Hall–Kier alpha value is -2.47. The van der Waals surface area contributed by atoms with E-state index in [1.54, 1.807) is 0 Å². The van der Waals surface area contributed by atoms with Crippen LogP contribution in [0, 0.1) is 0 Å². The molecule has 1 atom stereocenters. The average molecular weight is 340 g/mol. The van der Waals surface area contributed by atoms with E-state index in [1.165, 1.54) is 42.8 Å². The third kappa shape index (κ3) is 4.54. The molecule has 1 aliphatic heterocycles. The van der Waals surface area contributed by atoms with E-state index < -0.39 is 5.97 Å². The van der Waals surface area contributed by atoms with E-state index in [2.05, 4.69) is 45.3 Å². The number of rotatable bonds is 6. The Balaban J connectivity index is 1.65. The molecular formula is C19H24N4O2. The Morgan fingerprint density at radius 3 is 2.72 bits per heavy atom. The van der Waals surface area contributed by atoms with Crippen molar-refractivity contribution >= 4 is 11.8 Å². The maximum atomic E-state index is 10.8. The van der Waals surface area contributed by atoms with Crippen molar-refractivity contribution in [1.29, 1.82) is 0 Å². The number of carboxylic acids is 1. The lowest BCUT2D eigenvalue weighted by Gasteiger charge is -2.33. The van der Waals surface area contributed by atoms with Crippen LogP contribution in [0.15, 0.2) is 36.7 Å². The molecule has 1 aliphatic rings. The minimum atomic E-state index is -1.07. The van der Waals surface area contributed by atoms with Crippen LogP contribution in [0.3, 0.4) is 0 Å². The van der Waals surface area contributed by atoms with Crippen molar-refractivity contribution in [3.8, 4) is 0 Å². The molecule has 1 unspecified atom stereocenters. The summed E-state index contributed by atoms with van der Waals surface area (Å²) in [7, 11) is 0. The lowest BCUT2D eigenvalue weighted by Crippen LogP contribution is -2.37. The molecule has 0 aliphatic carbocycles. The Bertz CT molecular complexity index is 718. The van der Waals surface area contributed by atoms with Gasteiger partial charge in [0.1, 0.15) is 5.82 Å². The van der Waals surface area contributed by atoms with Gasteiger partial charge in [-0.3, -0.25) is 4.90 Å². The lowest BCUT2D eigenvalue weighted by atomic mass is 10.0. The Kier molecular flexibility index (Phi) is 5.60. The molecule has 132 valence electrons. The fourth-order valence-electron chi connectivity index (χ4n) is 3.21. The number of nitrogens with one attached hydrogen (secondary N) is 1. The van der Waals surface area contributed by atoms with E-state index in [4.69, 9.17) is 5.11 Å². The van der Waals surface area contributed by atoms with Gasteiger partial charge in [-0.25, -0.2) is 14.8 Å². The van der Waals surface area contributed by atoms with Gasteiger partial charge in [-0.2, -0.15) is 0 Å². The zero-order chi connectivity index (χ0) is 17.6. The van der Waals surface area contributed by atoms with Crippen LogP contribution < -0.4 is 5.32 Å². The number of carboxylic acid groups (broad SMARTS) is 1. The summed E-state index contributed by atoms with van der Waals surface area (Å²) in [5.74, 6) is -0.494. The third-order valence-electron chi connectivity index (χ3n) is 4.76. The zero-order valence-corrected chi connectivity index (χ0v) is 14.5. The van der Waals surface area contributed by atoms with E-state index in [0.717, 1.165) is 13.1 Å². The Morgan fingerprint density at radius 2 is 2.04 bits per heavy atom. The molecule has 0 bridgehead atoms. The van der Waals surface area contributed by atoms with Crippen molar-refractivity contribution in [3.05, 3.63) is 53.5 Å². The highest BCUT2D eigenvalue weighted by Crippen LogP contribution is 2.21. The summed E-state index contributed by atoms with van der Waals surface area (Å²) in [6, 6.07) is 9.05. The predicted octanol–water partition coefficient (Wildman–Crippen LogP) is 3.16. The first-order valence-electron chi connectivity index (χ1n) is 8.73. The molecule has 6 nitrogen and oxygen atoms in total. The molecule has 0 saturated carbocycles. The van der Waals surface area contributed by atoms with Crippen molar-refractivity contribution in [1.82, 2.24) is 14.9 Å². The third-order valence-corrected chi connectivity index (χ3v) is 4.76. The molecule has 0 radical (unpaired) electrons. The number of piperidine rings is 1. The van der Waals surface area contributed by atoms with E-state index in [-0.39, 0.29) is 5.69 Å². The van der Waals surface area contributed by atoms with Crippen LogP contribution in [-0.4, -0.2) is 38.5 Å². The molecule has 25 heavy (non-hydrogen) atoms. The molecule has 6 heteroatoms. The fourth-order valence-corrected chi connectivity index (χ4v) is 3.21. The number of anilines is 1. The van der Waals surface area contributed by atoms with Gasteiger partial charge in [-0.05, 0) is 37.4 Å². The monoisotopic (exact) mass is 340 g/mol. The quantitative estimate of drug-likeness (QED) is 0.841. The highest BCUT2D eigenvalue weighted by molar-refractivity contribution is 5.84. The summed E-state index contributed by atoms with van der Waals surface area (Å²) in [6.07, 6.45) is 6.60.